The molecule has 1 heterocycles. The lowest BCUT2D eigenvalue weighted by molar-refractivity contribution is -0.157. The van der Waals surface area contributed by atoms with Gasteiger partial charge in [0.05, 0.1) is 13.2 Å². The molecule has 3 N–H and O–H groups in total. The molecule has 2 atom stereocenters. The van der Waals surface area contributed by atoms with Gasteiger partial charge in [-0.3, -0.25) is 15.0 Å². The average molecular weight is 522 g/mol. The van der Waals surface area contributed by atoms with Gasteiger partial charge >= 0.3 is 5.97 Å². The highest BCUT2D eigenvalue weighted by Gasteiger charge is 2.54. The van der Waals surface area contributed by atoms with Gasteiger partial charge in [-0.1, -0.05) is 66.7 Å². The van der Waals surface area contributed by atoms with Crippen LogP contribution in [-0.2, 0) is 20.7 Å². The molecule has 3 aromatic rings. The van der Waals surface area contributed by atoms with Gasteiger partial charge in [-0.25, -0.2) is 0 Å². The van der Waals surface area contributed by atoms with Crippen molar-refractivity contribution in [2.45, 2.75) is 25.8 Å². The maximum Gasteiger partial charge on any atom is 0.321 e. The number of carbonyl (C=O) groups is 2. The molecule has 0 aliphatic carbocycles. The molecule has 0 saturated carbocycles. The van der Waals surface area contributed by atoms with E-state index in [1.54, 1.807) is 11.8 Å². The van der Waals surface area contributed by atoms with Crippen molar-refractivity contribution in [1.82, 2.24) is 4.90 Å². The van der Waals surface area contributed by atoms with Gasteiger partial charge in [-0.2, -0.15) is 0 Å². The fraction of sp³-hybridized carbons (Fsp3) is 0.276. The fourth-order valence-electron chi connectivity index (χ4n) is 4.65. The van der Waals surface area contributed by atoms with Gasteiger partial charge in [0.15, 0.2) is 0 Å². The molecule has 0 unspecified atom stereocenters. The van der Waals surface area contributed by atoms with Crippen LogP contribution in [0.4, 0.5) is 0 Å². The number of methoxy groups -OCH3 is 1. The molecular weight excluding hydrogens is 490 g/mol. The number of amidine groups is 1. The standard InChI is InChI=1S/C29H31N3O4.ClH/c1-29(28(34)35-2)18-24(32(27(29)33)17-16-20-6-4-3-5-7-20)19-36-25-14-12-22(13-15-25)21-8-10-23(11-9-21)26(30)31;/h3-15,24H,16-19H2,1-2H3,(H3,30,31);1H/t24-,29-;/m0./s1. The van der Waals surface area contributed by atoms with Crippen molar-refractivity contribution in [2.75, 3.05) is 20.3 Å². The maximum absolute atomic E-state index is 13.3. The number of benzene rings is 3. The third-order valence-corrected chi connectivity index (χ3v) is 6.76. The van der Waals surface area contributed by atoms with E-state index in [9.17, 15) is 9.59 Å². The Hall–Kier alpha value is -3.84. The number of halogens is 1. The molecule has 3 aromatic carbocycles. The molecule has 1 aliphatic heterocycles. The van der Waals surface area contributed by atoms with E-state index in [-0.39, 0.29) is 36.8 Å². The van der Waals surface area contributed by atoms with Gasteiger partial charge < -0.3 is 20.1 Å². The lowest BCUT2D eigenvalue weighted by atomic mass is 9.87. The monoisotopic (exact) mass is 521 g/mol. The third kappa shape index (κ3) is 6.12. The van der Waals surface area contributed by atoms with E-state index in [4.69, 9.17) is 20.6 Å². The summed E-state index contributed by atoms with van der Waals surface area (Å²) in [6, 6.07) is 24.9. The van der Waals surface area contributed by atoms with Crippen LogP contribution in [-0.4, -0.2) is 48.9 Å². The predicted octanol–water partition coefficient (Wildman–Crippen LogP) is 4.46. The molecule has 1 saturated heterocycles. The number of esters is 1. The molecule has 1 amide bonds. The normalized spacial score (nSPS) is 18.7. The Morgan fingerprint density at radius 3 is 2.19 bits per heavy atom. The Morgan fingerprint density at radius 2 is 1.62 bits per heavy atom. The molecule has 8 heteroatoms. The quantitative estimate of drug-likeness (QED) is 0.187. The highest BCUT2D eigenvalue weighted by Crippen LogP contribution is 2.37. The summed E-state index contributed by atoms with van der Waals surface area (Å²) in [5.74, 6) is -0.0128. The minimum atomic E-state index is -1.21. The van der Waals surface area contributed by atoms with Gasteiger partial charge in [-0.05, 0) is 48.6 Å². The number of amides is 1. The van der Waals surface area contributed by atoms with E-state index in [2.05, 4.69) is 0 Å². The summed E-state index contributed by atoms with van der Waals surface area (Å²) < 4.78 is 11.0. The van der Waals surface area contributed by atoms with Crippen LogP contribution in [0.25, 0.3) is 11.1 Å². The summed E-state index contributed by atoms with van der Waals surface area (Å²) in [6.07, 6.45) is 1.03. The molecular formula is C29H32ClN3O4. The number of nitrogens with two attached hydrogens (primary N) is 1. The first-order chi connectivity index (χ1) is 17.3. The van der Waals surface area contributed by atoms with E-state index in [0.29, 0.717) is 30.7 Å². The smallest absolute Gasteiger partial charge is 0.321 e. The molecule has 37 heavy (non-hydrogen) atoms. The summed E-state index contributed by atoms with van der Waals surface area (Å²) in [7, 11) is 1.31. The number of rotatable bonds is 9. The van der Waals surface area contributed by atoms with Gasteiger partial charge in [0.2, 0.25) is 5.91 Å². The largest absolute Gasteiger partial charge is 0.491 e. The molecule has 0 aromatic heterocycles. The van der Waals surface area contributed by atoms with Crippen molar-refractivity contribution in [2.24, 2.45) is 11.1 Å². The number of ether oxygens (including phenoxy) is 2. The minimum Gasteiger partial charge on any atom is -0.491 e. The number of carbonyl (C=O) groups excluding carboxylic acids is 2. The Balaban J connectivity index is 0.00000380. The number of hydrogen-bond acceptors (Lipinski definition) is 5. The van der Waals surface area contributed by atoms with Gasteiger partial charge in [0.1, 0.15) is 23.6 Å². The Morgan fingerprint density at radius 1 is 1.03 bits per heavy atom. The summed E-state index contributed by atoms with van der Waals surface area (Å²) in [5.41, 5.74) is 8.15. The minimum absolute atomic E-state index is 0. The predicted molar refractivity (Wildman–Crippen MR) is 146 cm³/mol. The molecule has 7 nitrogen and oxygen atoms in total. The second kappa shape index (κ2) is 11.9. The maximum atomic E-state index is 13.3. The van der Waals surface area contributed by atoms with E-state index in [0.717, 1.165) is 16.7 Å². The average Bonchev–Trinajstić information content (AvgIpc) is 3.16. The van der Waals surface area contributed by atoms with Crippen molar-refractivity contribution < 1.29 is 19.1 Å². The second-order valence-corrected chi connectivity index (χ2v) is 9.24. The second-order valence-electron chi connectivity index (χ2n) is 9.24. The van der Waals surface area contributed by atoms with Crippen LogP contribution in [0.1, 0.15) is 24.5 Å². The molecule has 4 rings (SSSR count). The number of nitrogen functional groups attached to an aromatic ring is 1. The number of likely N-dealkylation sites (tertiary alicyclic amines) is 1. The van der Waals surface area contributed by atoms with E-state index in [1.165, 1.54) is 7.11 Å². The van der Waals surface area contributed by atoms with Crippen LogP contribution in [0.15, 0.2) is 78.9 Å². The number of nitrogens with zero attached hydrogens (tertiary/aromatic N) is 1. The van der Waals surface area contributed by atoms with E-state index < -0.39 is 11.4 Å². The Labute approximate surface area is 223 Å². The Kier molecular flexibility index (Phi) is 8.95. The van der Waals surface area contributed by atoms with Crippen LogP contribution in [0.3, 0.4) is 0 Å². The summed E-state index contributed by atoms with van der Waals surface area (Å²) in [6.45, 7) is 2.43. The van der Waals surface area contributed by atoms with Crippen LogP contribution in [0.2, 0.25) is 0 Å². The lowest BCUT2D eigenvalue weighted by Crippen LogP contribution is -2.42. The topological polar surface area (TPSA) is 106 Å². The molecule has 0 spiro atoms. The highest BCUT2D eigenvalue weighted by atomic mass is 35.5. The molecule has 194 valence electrons. The van der Waals surface area contributed by atoms with Crippen molar-refractivity contribution in [1.29, 1.82) is 5.41 Å². The molecule has 1 aliphatic rings. The number of hydrogen-bond donors (Lipinski definition) is 2. The first-order valence-electron chi connectivity index (χ1n) is 11.9. The van der Waals surface area contributed by atoms with Crippen LogP contribution < -0.4 is 10.5 Å². The SMILES string of the molecule is COC(=O)[C@@]1(C)C[C@@H](COc2ccc(-c3ccc(C(=N)N)cc3)cc2)N(CCc2ccccc2)C1=O.Cl. The summed E-state index contributed by atoms with van der Waals surface area (Å²) in [4.78, 5) is 27.5. The first-order valence-corrected chi connectivity index (χ1v) is 11.9. The van der Waals surface area contributed by atoms with Gasteiger partial charge in [0, 0.05) is 12.1 Å². The Bertz CT molecular complexity index is 1230. The zero-order valence-corrected chi connectivity index (χ0v) is 21.8. The fourth-order valence-corrected chi connectivity index (χ4v) is 4.65. The van der Waals surface area contributed by atoms with Crippen molar-refractivity contribution in [3.63, 3.8) is 0 Å². The lowest BCUT2D eigenvalue weighted by Gasteiger charge is -2.25. The summed E-state index contributed by atoms with van der Waals surface area (Å²) >= 11 is 0. The van der Waals surface area contributed by atoms with Crippen LogP contribution >= 0.6 is 12.4 Å². The van der Waals surface area contributed by atoms with E-state index in [1.807, 2.05) is 78.9 Å². The van der Waals surface area contributed by atoms with E-state index >= 15 is 0 Å². The van der Waals surface area contributed by atoms with Gasteiger partial charge in [0.25, 0.3) is 0 Å². The van der Waals surface area contributed by atoms with Crippen molar-refractivity contribution >= 4 is 30.1 Å². The van der Waals surface area contributed by atoms with Crippen molar-refractivity contribution in [3.8, 4) is 16.9 Å². The molecule has 1 fully saturated rings. The zero-order valence-electron chi connectivity index (χ0n) is 21.0. The summed E-state index contributed by atoms with van der Waals surface area (Å²) in [5, 5.41) is 7.52. The molecule has 0 bridgehead atoms. The van der Waals surface area contributed by atoms with Crippen molar-refractivity contribution in [3.05, 3.63) is 90.0 Å². The number of nitrogens with one attached hydrogen (secondary N) is 1. The van der Waals surface area contributed by atoms with Gasteiger partial charge in [-0.15, -0.1) is 12.4 Å². The van der Waals surface area contributed by atoms with Crippen LogP contribution in [0.5, 0.6) is 5.75 Å². The first kappa shape index (κ1) is 27.7. The third-order valence-electron chi connectivity index (χ3n) is 6.76. The van der Waals surface area contributed by atoms with Crippen LogP contribution in [0, 0.1) is 10.8 Å². The molecule has 0 radical (unpaired) electrons. The zero-order chi connectivity index (χ0) is 25.7. The highest BCUT2D eigenvalue weighted by molar-refractivity contribution is 6.04.